The van der Waals surface area contributed by atoms with Crippen molar-refractivity contribution < 1.29 is 9.21 Å². The molecule has 4 nitrogen and oxygen atoms in total. The molecule has 1 fully saturated rings. The van der Waals surface area contributed by atoms with Crippen molar-refractivity contribution in [3.8, 4) is 0 Å². The largest absolute Gasteiger partial charge is 0.467 e. The number of carbonyl (C=O) groups is 1. The van der Waals surface area contributed by atoms with Crippen LogP contribution in [0.2, 0.25) is 0 Å². The molecule has 0 unspecified atom stereocenters. The molecule has 94 valence electrons. The number of nitrogens with two attached hydrogens (primary N) is 1. The van der Waals surface area contributed by atoms with Gasteiger partial charge in [0.05, 0.1) is 18.3 Å². The first-order chi connectivity index (χ1) is 8.15. The predicted molar refractivity (Wildman–Crippen MR) is 65.2 cm³/mol. The molecule has 1 aromatic rings. The number of amides is 1. The Kier molecular flexibility index (Phi) is 3.52. The highest BCUT2D eigenvalue weighted by atomic mass is 16.3. The minimum Gasteiger partial charge on any atom is -0.467 e. The van der Waals surface area contributed by atoms with Crippen LogP contribution in [0.15, 0.2) is 22.8 Å². The van der Waals surface area contributed by atoms with E-state index in [2.05, 4.69) is 0 Å². The van der Waals surface area contributed by atoms with Crippen molar-refractivity contribution in [3.63, 3.8) is 0 Å². The van der Waals surface area contributed by atoms with Crippen molar-refractivity contribution in [2.24, 2.45) is 5.73 Å². The maximum atomic E-state index is 12.4. The van der Waals surface area contributed by atoms with Crippen LogP contribution in [0, 0.1) is 0 Å². The normalized spacial score (nSPS) is 18.2. The molecule has 0 aromatic carbocycles. The second-order valence-corrected chi connectivity index (χ2v) is 4.76. The monoisotopic (exact) mass is 236 g/mol. The van der Waals surface area contributed by atoms with Crippen LogP contribution in [0.1, 0.15) is 38.4 Å². The van der Waals surface area contributed by atoms with E-state index >= 15 is 0 Å². The standard InChI is InChI=1S/C13H20N2O2/c1-2-15(10-11-6-5-9-17-11)12(16)13(14)7-3-4-8-13/h5-6,9H,2-4,7-8,10,14H2,1H3. The van der Waals surface area contributed by atoms with Gasteiger partial charge in [0.1, 0.15) is 5.76 Å². The van der Waals surface area contributed by atoms with E-state index < -0.39 is 5.54 Å². The number of nitrogens with zero attached hydrogens (tertiary/aromatic N) is 1. The SMILES string of the molecule is CCN(Cc1ccco1)C(=O)C1(N)CCCC1. The lowest BCUT2D eigenvalue weighted by molar-refractivity contribution is -0.137. The van der Waals surface area contributed by atoms with Gasteiger partial charge >= 0.3 is 0 Å². The lowest BCUT2D eigenvalue weighted by Gasteiger charge is -2.30. The van der Waals surface area contributed by atoms with Crippen LogP contribution in [0.25, 0.3) is 0 Å². The first-order valence-electron chi connectivity index (χ1n) is 6.26. The molecule has 1 aliphatic carbocycles. The third kappa shape index (κ3) is 2.52. The number of hydrogen-bond donors (Lipinski definition) is 1. The maximum Gasteiger partial charge on any atom is 0.243 e. The zero-order chi connectivity index (χ0) is 12.3. The molecule has 1 saturated carbocycles. The van der Waals surface area contributed by atoms with Crippen LogP contribution in [0.4, 0.5) is 0 Å². The zero-order valence-electron chi connectivity index (χ0n) is 10.3. The molecule has 2 rings (SSSR count). The summed E-state index contributed by atoms with van der Waals surface area (Å²) < 4.78 is 5.28. The van der Waals surface area contributed by atoms with E-state index in [1.165, 1.54) is 0 Å². The molecule has 0 aliphatic heterocycles. The van der Waals surface area contributed by atoms with Crippen LogP contribution in [-0.4, -0.2) is 22.9 Å². The fourth-order valence-electron chi connectivity index (χ4n) is 2.45. The summed E-state index contributed by atoms with van der Waals surface area (Å²) in [5.41, 5.74) is 5.55. The van der Waals surface area contributed by atoms with Crippen LogP contribution < -0.4 is 5.73 Å². The van der Waals surface area contributed by atoms with Crippen molar-refractivity contribution in [2.75, 3.05) is 6.54 Å². The quantitative estimate of drug-likeness (QED) is 0.868. The fourth-order valence-corrected chi connectivity index (χ4v) is 2.45. The highest BCUT2D eigenvalue weighted by Gasteiger charge is 2.39. The average Bonchev–Trinajstić information content (AvgIpc) is 2.97. The predicted octanol–water partition coefficient (Wildman–Crippen LogP) is 1.90. The van der Waals surface area contributed by atoms with Gasteiger partial charge in [0.15, 0.2) is 0 Å². The summed E-state index contributed by atoms with van der Waals surface area (Å²) in [6.07, 6.45) is 5.35. The van der Waals surface area contributed by atoms with Gasteiger partial charge in [-0.3, -0.25) is 4.79 Å². The van der Waals surface area contributed by atoms with Gasteiger partial charge in [-0.2, -0.15) is 0 Å². The Hall–Kier alpha value is -1.29. The van der Waals surface area contributed by atoms with Gasteiger partial charge < -0.3 is 15.1 Å². The number of carbonyl (C=O) groups excluding carboxylic acids is 1. The zero-order valence-corrected chi connectivity index (χ0v) is 10.3. The Balaban J connectivity index is 2.05. The molecule has 1 aliphatic rings. The number of rotatable bonds is 4. The molecule has 17 heavy (non-hydrogen) atoms. The van der Waals surface area contributed by atoms with E-state index in [-0.39, 0.29) is 5.91 Å². The average molecular weight is 236 g/mol. The van der Waals surface area contributed by atoms with Gasteiger partial charge in [-0.15, -0.1) is 0 Å². The Morgan fingerprint density at radius 2 is 2.24 bits per heavy atom. The van der Waals surface area contributed by atoms with Crippen molar-refractivity contribution in [3.05, 3.63) is 24.2 Å². The Morgan fingerprint density at radius 3 is 2.76 bits per heavy atom. The smallest absolute Gasteiger partial charge is 0.243 e. The highest BCUT2D eigenvalue weighted by molar-refractivity contribution is 5.86. The fraction of sp³-hybridized carbons (Fsp3) is 0.615. The Labute approximate surface area is 102 Å². The summed E-state index contributed by atoms with van der Waals surface area (Å²) in [5.74, 6) is 0.871. The Bertz CT molecular complexity index is 367. The molecule has 1 amide bonds. The molecular weight excluding hydrogens is 216 g/mol. The van der Waals surface area contributed by atoms with E-state index in [0.29, 0.717) is 13.1 Å². The van der Waals surface area contributed by atoms with Crippen molar-refractivity contribution in [2.45, 2.75) is 44.7 Å². The summed E-state index contributed by atoms with van der Waals surface area (Å²) in [7, 11) is 0. The van der Waals surface area contributed by atoms with Gasteiger partial charge in [0.2, 0.25) is 5.91 Å². The summed E-state index contributed by atoms with van der Waals surface area (Å²) in [4.78, 5) is 14.2. The first-order valence-corrected chi connectivity index (χ1v) is 6.26. The summed E-state index contributed by atoms with van der Waals surface area (Å²) in [5, 5.41) is 0. The molecule has 1 heterocycles. The van der Waals surface area contributed by atoms with Gasteiger partial charge in [-0.05, 0) is 31.9 Å². The van der Waals surface area contributed by atoms with Gasteiger partial charge in [0.25, 0.3) is 0 Å². The second-order valence-electron chi connectivity index (χ2n) is 4.76. The van der Waals surface area contributed by atoms with Gasteiger partial charge in [-0.1, -0.05) is 12.8 Å². The van der Waals surface area contributed by atoms with Crippen molar-refractivity contribution in [1.82, 2.24) is 4.90 Å². The van der Waals surface area contributed by atoms with Gasteiger partial charge in [-0.25, -0.2) is 0 Å². The number of likely N-dealkylation sites (N-methyl/N-ethyl adjacent to an activating group) is 1. The summed E-state index contributed by atoms with van der Waals surface area (Å²) in [6, 6.07) is 3.72. The third-order valence-corrected chi connectivity index (χ3v) is 3.52. The van der Waals surface area contributed by atoms with E-state index in [9.17, 15) is 4.79 Å². The lowest BCUT2D eigenvalue weighted by Crippen LogP contribution is -2.53. The third-order valence-electron chi connectivity index (χ3n) is 3.52. The molecule has 1 aromatic heterocycles. The van der Waals surface area contributed by atoms with Crippen molar-refractivity contribution >= 4 is 5.91 Å². The van der Waals surface area contributed by atoms with Crippen LogP contribution >= 0.6 is 0 Å². The molecule has 0 bridgehead atoms. The molecule has 4 heteroatoms. The summed E-state index contributed by atoms with van der Waals surface area (Å²) in [6.45, 7) is 3.15. The van der Waals surface area contributed by atoms with E-state index in [4.69, 9.17) is 10.2 Å². The lowest BCUT2D eigenvalue weighted by atomic mass is 9.97. The van der Waals surface area contributed by atoms with Crippen LogP contribution in [0.3, 0.4) is 0 Å². The highest BCUT2D eigenvalue weighted by Crippen LogP contribution is 2.29. The molecule has 0 radical (unpaired) electrons. The minimum absolute atomic E-state index is 0.0638. The van der Waals surface area contributed by atoms with Crippen molar-refractivity contribution in [1.29, 1.82) is 0 Å². The molecular formula is C13H20N2O2. The molecule has 0 atom stereocenters. The number of furan rings is 1. The Morgan fingerprint density at radius 1 is 1.53 bits per heavy atom. The molecule has 0 spiro atoms. The van der Waals surface area contributed by atoms with E-state index in [0.717, 1.165) is 31.4 Å². The molecule has 0 saturated heterocycles. The van der Waals surface area contributed by atoms with Gasteiger partial charge in [0, 0.05) is 6.54 Å². The second kappa shape index (κ2) is 4.92. The van der Waals surface area contributed by atoms with Crippen LogP contribution in [-0.2, 0) is 11.3 Å². The van der Waals surface area contributed by atoms with E-state index in [1.54, 1.807) is 11.2 Å². The first kappa shape index (κ1) is 12.2. The summed E-state index contributed by atoms with van der Waals surface area (Å²) >= 11 is 0. The van der Waals surface area contributed by atoms with E-state index in [1.807, 2.05) is 19.1 Å². The molecule has 2 N–H and O–H groups in total. The van der Waals surface area contributed by atoms with Crippen LogP contribution in [0.5, 0.6) is 0 Å². The minimum atomic E-state index is -0.636. The maximum absolute atomic E-state index is 12.4. The number of hydrogen-bond acceptors (Lipinski definition) is 3. The topological polar surface area (TPSA) is 59.5 Å².